The van der Waals surface area contributed by atoms with Crippen molar-refractivity contribution < 1.29 is 0 Å². The third-order valence-electron chi connectivity index (χ3n) is 1.35. The Labute approximate surface area is 69.4 Å². The summed E-state index contributed by atoms with van der Waals surface area (Å²) < 4.78 is 0. The molecule has 2 N–H and O–H groups in total. The molecule has 60 valence electrons. The summed E-state index contributed by atoms with van der Waals surface area (Å²) >= 11 is 0. The summed E-state index contributed by atoms with van der Waals surface area (Å²) in [5.41, 5.74) is 5.32. The van der Waals surface area contributed by atoms with Crippen molar-refractivity contribution in [3.8, 4) is 0 Å². The zero-order valence-electron chi connectivity index (χ0n) is 6.25. The van der Waals surface area contributed by atoms with Gasteiger partial charge >= 0.3 is 0 Å². The molecule has 0 unspecified atom stereocenters. The molecule has 0 amide bonds. The summed E-state index contributed by atoms with van der Waals surface area (Å²) in [4.78, 5) is 0. The molecule has 0 saturated heterocycles. The number of rotatable bonds is 5. The van der Waals surface area contributed by atoms with Gasteiger partial charge in [-0.15, -0.1) is 25.6 Å². The van der Waals surface area contributed by atoms with E-state index in [1.165, 1.54) is 0 Å². The second-order valence-electron chi connectivity index (χ2n) is 2.07. The molecule has 2 heteroatoms. The van der Waals surface area contributed by atoms with E-state index in [0.717, 1.165) is 19.4 Å². The summed E-state index contributed by atoms with van der Waals surface area (Å²) in [5, 5.41) is 0. The number of nitrogens with two attached hydrogens (primary N) is 1. The van der Waals surface area contributed by atoms with Crippen LogP contribution >= 0.6 is 12.4 Å². The van der Waals surface area contributed by atoms with Crippen molar-refractivity contribution in [2.75, 3.05) is 6.54 Å². The topological polar surface area (TPSA) is 26.0 Å². The van der Waals surface area contributed by atoms with Crippen LogP contribution in [0.3, 0.4) is 0 Å². The van der Waals surface area contributed by atoms with E-state index >= 15 is 0 Å². The van der Waals surface area contributed by atoms with E-state index < -0.39 is 0 Å². The standard InChI is InChI=1S/C8H15N.ClH/c1-3-8(4-2)6-5-7-9;/h3-4,8H,1-2,5-7,9H2;1H. The maximum atomic E-state index is 5.32. The van der Waals surface area contributed by atoms with Gasteiger partial charge < -0.3 is 5.73 Å². The fourth-order valence-corrected chi connectivity index (χ4v) is 0.685. The molecule has 0 aromatic carbocycles. The van der Waals surface area contributed by atoms with Gasteiger partial charge in [-0.25, -0.2) is 0 Å². The fraction of sp³-hybridized carbons (Fsp3) is 0.500. The molecule has 10 heavy (non-hydrogen) atoms. The lowest BCUT2D eigenvalue weighted by Crippen LogP contribution is -2.01. The van der Waals surface area contributed by atoms with E-state index in [4.69, 9.17) is 5.73 Å². The summed E-state index contributed by atoms with van der Waals surface area (Å²) in [6.45, 7) is 8.11. The highest BCUT2D eigenvalue weighted by Crippen LogP contribution is 2.06. The van der Waals surface area contributed by atoms with Gasteiger partial charge in [0.2, 0.25) is 0 Å². The highest BCUT2D eigenvalue weighted by Gasteiger charge is 1.94. The molecule has 0 aromatic rings. The van der Waals surface area contributed by atoms with E-state index in [2.05, 4.69) is 13.2 Å². The molecule has 0 aromatic heterocycles. The zero-order chi connectivity index (χ0) is 7.11. The minimum absolute atomic E-state index is 0. The monoisotopic (exact) mass is 161 g/mol. The smallest absolute Gasteiger partial charge is 0.00584 e. The van der Waals surface area contributed by atoms with Gasteiger partial charge in [-0.3, -0.25) is 0 Å². The van der Waals surface area contributed by atoms with Gasteiger partial charge in [0.25, 0.3) is 0 Å². The van der Waals surface area contributed by atoms with Crippen molar-refractivity contribution in [1.29, 1.82) is 0 Å². The maximum absolute atomic E-state index is 5.32. The van der Waals surface area contributed by atoms with Crippen molar-refractivity contribution in [3.63, 3.8) is 0 Å². The second-order valence-corrected chi connectivity index (χ2v) is 2.07. The molecule has 0 aliphatic rings. The first-order valence-electron chi connectivity index (χ1n) is 3.30. The Morgan fingerprint density at radius 2 is 1.80 bits per heavy atom. The summed E-state index contributed by atoms with van der Waals surface area (Å²) in [7, 11) is 0. The minimum Gasteiger partial charge on any atom is -0.330 e. The van der Waals surface area contributed by atoms with Crippen LogP contribution < -0.4 is 5.73 Å². The zero-order valence-corrected chi connectivity index (χ0v) is 7.07. The molecule has 0 aliphatic carbocycles. The molecule has 0 bridgehead atoms. The fourth-order valence-electron chi connectivity index (χ4n) is 0.685. The Bertz CT molecular complexity index is 83.3. The molecule has 0 saturated carbocycles. The average Bonchev–Trinajstić information content (AvgIpc) is 1.91. The largest absolute Gasteiger partial charge is 0.330 e. The molecule has 0 radical (unpaired) electrons. The molecule has 0 heterocycles. The van der Waals surface area contributed by atoms with Crippen molar-refractivity contribution in [2.45, 2.75) is 12.8 Å². The Balaban J connectivity index is 0. The first-order valence-corrected chi connectivity index (χ1v) is 3.30. The van der Waals surface area contributed by atoms with Crippen molar-refractivity contribution in [3.05, 3.63) is 25.3 Å². The van der Waals surface area contributed by atoms with Gasteiger partial charge in [0, 0.05) is 0 Å². The predicted octanol–water partition coefficient (Wildman–Crippen LogP) is 2.14. The van der Waals surface area contributed by atoms with E-state index in [1.54, 1.807) is 0 Å². The van der Waals surface area contributed by atoms with Gasteiger partial charge in [0.05, 0.1) is 0 Å². The molecule has 1 nitrogen and oxygen atoms in total. The summed E-state index contributed by atoms with van der Waals surface area (Å²) in [5.74, 6) is 0.452. The van der Waals surface area contributed by atoms with Crippen molar-refractivity contribution >= 4 is 12.4 Å². The quantitative estimate of drug-likeness (QED) is 0.615. The lowest BCUT2D eigenvalue weighted by Gasteiger charge is -2.02. The first kappa shape index (κ1) is 12.4. The van der Waals surface area contributed by atoms with E-state index in [9.17, 15) is 0 Å². The molecule has 0 rings (SSSR count). The second kappa shape index (κ2) is 8.73. The maximum Gasteiger partial charge on any atom is -0.00584 e. The Morgan fingerprint density at radius 3 is 2.10 bits per heavy atom. The van der Waals surface area contributed by atoms with Crippen LogP contribution in [0.1, 0.15) is 12.8 Å². The van der Waals surface area contributed by atoms with Crippen LogP contribution in [0.2, 0.25) is 0 Å². The third kappa shape index (κ3) is 5.86. The molecule has 0 spiro atoms. The van der Waals surface area contributed by atoms with Crippen LogP contribution in [0.25, 0.3) is 0 Å². The van der Waals surface area contributed by atoms with Crippen LogP contribution in [0, 0.1) is 5.92 Å². The molecular weight excluding hydrogens is 146 g/mol. The van der Waals surface area contributed by atoms with Gasteiger partial charge in [-0.05, 0) is 25.3 Å². The van der Waals surface area contributed by atoms with Gasteiger partial charge in [-0.2, -0.15) is 0 Å². The highest BCUT2D eigenvalue weighted by atomic mass is 35.5. The lowest BCUT2D eigenvalue weighted by atomic mass is 10.0. The molecule has 0 aliphatic heterocycles. The van der Waals surface area contributed by atoms with Crippen LogP contribution in [-0.2, 0) is 0 Å². The Kier molecular flexibility index (Phi) is 10.8. The van der Waals surface area contributed by atoms with Crippen LogP contribution in [0.4, 0.5) is 0 Å². The molecule has 0 atom stereocenters. The molecule has 0 fully saturated rings. The Hall–Kier alpha value is -0.270. The average molecular weight is 162 g/mol. The van der Waals surface area contributed by atoms with Crippen molar-refractivity contribution in [1.82, 2.24) is 0 Å². The predicted molar refractivity (Wildman–Crippen MR) is 49.4 cm³/mol. The first-order chi connectivity index (χ1) is 4.35. The minimum atomic E-state index is 0. The van der Waals surface area contributed by atoms with Crippen LogP contribution in [-0.4, -0.2) is 6.54 Å². The summed E-state index contributed by atoms with van der Waals surface area (Å²) in [6, 6.07) is 0. The van der Waals surface area contributed by atoms with E-state index in [1.807, 2.05) is 12.2 Å². The lowest BCUT2D eigenvalue weighted by molar-refractivity contribution is 0.663. The normalized spacial score (nSPS) is 8.60. The van der Waals surface area contributed by atoms with Gasteiger partial charge in [0.1, 0.15) is 0 Å². The number of allylic oxidation sites excluding steroid dienone is 2. The van der Waals surface area contributed by atoms with E-state index in [0.29, 0.717) is 5.92 Å². The third-order valence-corrected chi connectivity index (χ3v) is 1.35. The number of halogens is 1. The van der Waals surface area contributed by atoms with Crippen molar-refractivity contribution in [2.24, 2.45) is 11.7 Å². The van der Waals surface area contributed by atoms with Gasteiger partial charge in [0.15, 0.2) is 0 Å². The van der Waals surface area contributed by atoms with E-state index in [-0.39, 0.29) is 12.4 Å². The highest BCUT2D eigenvalue weighted by molar-refractivity contribution is 5.85. The van der Waals surface area contributed by atoms with Gasteiger partial charge in [-0.1, -0.05) is 12.2 Å². The number of hydrogen-bond donors (Lipinski definition) is 1. The summed E-state index contributed by atoms with van der Waals surface area (Å²) in [6.07, 6.45) is 5.96. The molecular formula is C8H16ClN. The number of hydrogen-bond acceptors (Lipinski definition) is 1. The van der Waals surface area contributed by atoms with Crippen LogP contribution in [0.5, 0.6) is 0 Å². The Morgan fingerprint density at radius 1 is 1.30 bits per heavy atom. The SMILES string of the molecule is C=CC(C=C)CCCN.Cl. The van der Waals surface area contributed by atoms with Crippen LogP contribution in [0.15, 0.2) is 25.3 Å².